The first-order chi connectivity index (χ1) is 17.5. The zero-order chi connectivity index (χ0) is 25.3. The summed E-state index contributed by atoms with van der Waals surface area (Å²) in [5.41, 5.74) is 2.72. The van der Waals surface area contributed by atoms with Crippen molar-refractivity contribution >= 4 is 35.0 Å². The molecule has 1 aliphatic rings. The molecule has 0 saturated carbocycles. The molecule has 3 aromatic rings. The smallest absolute Gasteiger partial charge is 0.243 e. The molecule has 5 nitrogen and oxygen atoms in total. The molecule has 4 rings (SSSR count). The Bertz CT molecular complexity index is 1130. The van der Waals surface area contributed by atoms with Gasteiger partial charge in [-0.15, -0.1) is 0 Å². The van der Waals surface area contributed by atoms with Crippen LogP contribution in [0.3, 0.4) is 0 Å². The summed E-state index contributed by atoms with van der Waals surface area (Å²) in [5, 5.41) is 4.28. The number of hydrogen-bond donors (Lipinski definition) is 1. The number of benzene rings is 3. The lowest BCUT2D eigenvalue weighted by Crippen LogP contribution is -2.52. The monoisotopic (exact) mass is 524 g/mol. The highest BCUT2D eigenvalue weighted by molar-refractivity contribution is 6.30. The molecule has 2 atom stereocenters. The van der Waals surface area contributed by atoms with Crippen LogP contribution in [-0.4, -0.2) is 42.0 Å². The summed E-state index contributed by atoms with van der Waals surface area (Å²) in [7, 11) is 0. The lowest BCUT2D eigenvalue weighted by Gasteiger charge is -2.32. The van der Waals surface area contributed by atoms with Gasteiger partial charge in [-0.2, -0.15) is 0 Å². The molecule has 7 heteroatoms. The molecule has 1 N–H and O–H groups in total. The Kier molecular flexibility index (Phi) is 9.40. The van der Waals surface area contributed by atoms with Crippen molar-refractivity contribution in [2.24, 2.45) is 0 Å². The van der Waals surface area contributed by atoms with Crippen LogP contribution < -0.4 is 5.32 Å². The van der Waals surface area contributed by atoms with Crippen LogP contribution in [0.1, 0.15) is 29.5 Å². The van der Waals surface area contributed by atoms with Crippen LogP contribution in [0.25, 0.3) is 0 Å². The van der Waals surface area contributed by atoms with E-state index < -0.39 is 6.04 Å². The summed E-state index contributed by atoms with van der Waals surface area (Å²) in [5.74, 6) is -0.326. The number of ether oxygens (including phenoxy) is 1. The highest BCUT2D eigenvalue weighted by Crippen LogP contribution is 2.19. The van der Waals surface area contributed by atoms with Crippen molar-refractivity contribution in [2.75, 3.05) is 13.2 Å². The summed E-state index contributed by atoms with van der Waals surface area (Å²) >= 11 is 12.1. The highest BCUT2D eigenvalue weighted by atomic mass is 35.5. The third-order valence-electron chi connectivity index (χ3n) is 6.33. The fourth-order valence-corrected chi connectivity index (χ4v) is 4.61. The van der Waals surface area contributed by atoms with Gasteiger partial charge in [-0.05, 0) is 53.8 Å². The Hall–Kier alpha value is -2.86. The maximum atomic E-state index is 13.7. The Morgan fingerprint density at radius 2 is 1.53 bits per heavy atom. The number of halogens is 2. The quantitative estimate of drug-likeness (QED) is 0.382. The molecule has 1 fully saturated rings. The average molecular weight is 525 g/mol. The van der Waals surface area contributed by atoms with Gasteiger partial charge in [0.2, 0.25) is 11.8 Å². The predicted molar refractivity (Wildman–Crippen MR) is 143 cm³/mol. The van der Waals surface area contributed by atoms with Crippen molar-refractivity contribution < 1.29 is 14.3 Å². The van der Waals surface area contributed by atoms with Crippen LogP contribution in [0.15, 0.2) is 78.9 Å². The van der Waals surface area contributed by atoms with Gasteiger partial charge in [0.15, 0.2) is 0 Å². The van der Waals surface area contributed by atoms with Crippen LogP contribution in [-0.2, 0) is 33.7 Å². The minimum Gasteiger partial charge on any atom is -0.376 e. The van der Waals surface area contributed by atoms with Gasteiger partial charge in [-0.3, -0.25) is 9.59 Å². The predicted octanol–water partition coefficient (Wildman–Crippen LogP) is 5.47. The molecule has 0 bridgehead atoms. The number of carbonyl (C=O) groups excluding carboxylic acids is 2. The van der Waals surface area contributed by atoms with Gasteiger partial charge in [0, 0.05) is 36.2 Å². The van der Waals surface area contributed by atoms with E-state index in [0.717, 1.165) is 36.1 Å². The molecule has 0 spiro atoms. The number of rotatable bonds is 10. The van der Waals surface area contributed by atoms with E-state index in [2.05, 4.69) is 5.32 Å². The Labute approximate surface area is 222 Å². The zero-order valence-electron chi connectivity index (χ0n) is 20.0. The first kappa shape index (κ1) is 26.2. The summed E-state index contributed by atoms with van der Waals surface area (Å²) in [6, 6.07) is 23.6. The fourth-order valence-electron chi connectivity index (χ4n) is 4.36. The first-order valence-electron chi connectivity index (χ1n) is 12.2. The lowest BCUT2D eigenvalue weighted by atomic mass is 10.0. The number of amides is 2. The maximum Gasteiger partial charge on any atom is 0.243 e. The van der Waals surface area contributed by atoms with E-state index >= 15 is 0 Å². The molecule has 0 aromatic heterocycles. The molecule has 0 aliphatic carbocycles. The summed E-state index contributed by atoms with van der Waals surface area (Å²) in [6.45, 7) is 1.44. The van der Waals surface area contributed by atoms with Crippen molar-refractivity contribution in [1.82, 2.24) is 10.2 Å². The Morgan fingerprint density at radius 1 is 0.889 bits per heavy atom. The summed E-state index contributed by atoms with van der Waals surface area (Å²) in [6.07, 6.45) is 2.50. The van der Waals surface area contributed by atoms with Crippen molar-refractivity contribution in [3.05, 3.63) is 106 Å². The van der Waals surface area contributed by atoms with E-state index in [0.29, 0.717) is 23.0 Å². The van der Waals surface area contributed by atoms with Crippen molar-refractivity contribution in [1.29, 1.82) is 0 Å². The van der Waals surface area contributed by atoms with Gasteiger partial charge in [-0.25, -0.2) is 0 Å². The molecule has 1 aliphatic heterocycles. The number of nitrogens with zero attached hydrogens (tertiary/aromatic N) is 1. The molecule has 3 aromatic carbocycles. The molecule has 1 heterocycles. The molecule has 2 unspecified atom stereocenters. The van der Waals surface area contributed by atoms with E-state index in [1.807, 2.05) is 54.6 Å². The van der Waals surface area contributed by atoms with Crippen molar-refractivity contribution in [2.45, 2.75) is 44.4 Å². The van der Waals surface area contributed by atoms with Gasteiger partial charge in [0.05, 0.1) is 12.5 Å². The van der Waals surface area contributed by atoms with Crippen LogP contribution in [0.5, 0.6) is 0 Å². The summed E-state index contributed by atoms with van der Waals surface area (Å²) < 4.78 is 5.69. The maximum absolute atomic E-state index is 13.7. The van der Waals surface area contributed by atoms with E-state index in [-0.39, 0.29) is 30.9 Å². The second kappa shape index (κ2) is 12.9. The summed E-state index contributed by atoms with van der Waals surface area (Å²) in [4.78, 5) is 29.0. The van der Waals surface area contributed by atoms with E-state index in [9.17, 15) is 9.59 Å². The largest absolute Gasteiger partial charge is 0.376 e. The van der Waals surface area contributed by atoms with Crippen LogP contribution >= 0.6 is 23.2 Å². The minimum absolute atomic E-state index is 0.0146. The molecule has 36 heavy (non-hydrogen) atoms. The fraction of sp³-hybridized carbons (Fsp3) is 0.310. The topological polar surface area (TPSA) is 58.6 Å². The van der Waals surface area contributed by atoms with Gasteiger partial charge in [0.25, 0.3) is 0 Å². The number of hydrogen-bond acceptors (Lipinski definition) is 3. The van der Waals surface area contributed by atoms with Crippen molar-refractivity contribution in [3.63, 3.8) is 0 Å². The van der Waals surface area contributed by atoms with E-state index in [1.165, 1.54) is 0 Å². The third-order valence-corrected chi connectivity index (χ3v) is 6.84. The Balaban J connectivity index is 1.61. The van der Waals surface area contributed by atoms with Gasteiger partial charge in [-0.1, -0.05) is 77.8 Å². The Morgan fingerprint density at radius 3 is 2.14 bits per heavy atom. The molecule has 1 saturated heterocycles. The van der Waals surface area contributed by atoms with Gasteiger partial charge < -0.3 is 15.0 Å². The lowest BCUT2D eigenvalue weighted by molar-refractivity contribution is -0.141. The standard InChI is InChI=1S/C29H30Cl2N2O3/c30-24-12-8-22(9-13-24)18-28(34)33(20-23-10-14-25(31)15-11-23)27(17-21-5-2-1-3-6-21)29(35)32-19-26-7-4-16-36-26/h1-3,5-6,8-15,26-27H,4,7,16-20H2,(H,32,35). The second-order valence-corrected chi connectivity index (χ2v) is 9.91. The number of carbonyl (C=O) groups is 2. The molecular weight excluding hydrogens is 495 g/mol. The van der Waals surface area contributed by atoms with Crippen LogP contribution in [0.2, 0.25) is 10.0 Å². The first-order valence-corrected chi connectivity index (χ1v) is 12.9. The molecule has 2 amide bonds. The molecule has 0 radical (unpaired) electrons. The zero-order valence-corrected chi connectivity index (χ0v) is 21.5. The van der Waals surface area contributed by atoms with E-state index in [4.69, 9.17) is 27.9 Å². The second-order valence-electron chi connectivity index (χ2n) is 9.04. The minimum atomic E-state index is -0.690. The molecular formula is C29H30Cl2N2O3. The normalized spacial score (nSPS) is 15.9. The average Bonchev–Trinajstić information content (AvgIpc) is 3.41. The molecule has 188 valence electrons. The van der Waals surface area contributed by atoms with Crippen molar-refractivity contribution in [3.8, 4) is 0 Å². The number of nitrogens with one attached hydrogen (secondary N) is 1. The van der Waals surface area contributed by atoms with Gasteiger partial charge >= 0.3 is 0 Å². The van der Waals surface area contributed by atoms with E-state index in [1.54, 1.807) is 29.2 Å². The van der Waals surface area contributed by atoms with Crippen LogP contribution in [0, 0.1) is 0 Å². The SMILES string of the molecule is O=C(NCC1CCCO1)C(Cc1ccccc1)N(Cc1ccc(Cl)cc1)C(=O)Cc1ccc(Cl)cc1. The van der Waals surface area contributed by atoms with Crippen LogP contribution in [0.4, 0.5) is 0 Å². The highest BCUT2D eigenvalue weighted by Gasteiger charge is 2.31. The third kappa shape index (κ3) is 7.57. The van der Waals surface area contributed by atoms with Gasteiger partial charge in [0.1, 0.15) is 6.04 Å².